The molecule has 0 aliphatic heterocycles. The predicted molar refractivity (Wildman–Crippen MR) is 57.2 cm³/mol. The number of aliphatic hydroxyl groups excluding tert-OH is 1. The number of allylic oxidation sites excluding steroid dienone is 3. The van der Waals surface area contributed by atoms with Crippen molar-refractivity contribution in [3.8, 4) is 0 Å². The van der Waals surface area contributed by atoms with Crippen LogP contribution in [0.3, 0.4) is 0 Å². The van der Waals surface area contributed by atoms with E-state index in [4.69, 9.17) is 5.41 Å². The monoisotopic (exact) mass is 179 g/mol. The second-order valence-corrected chi connectivity index (χ2v) is 3.97. The van der Waals surface area contributed by atoms with E-state index in [0.717, 1.165) is 6.21 Å². The van der Waals surface area contributed by atoms with Crippen LogP contribution in [0, 0.1) is 10.8 Å². The highest BCUT2D eigenvalue weighted by atomic mass is 16.3. The Labute approximate surface area is 79.8 Å². The molecule has 0 radical (unpaired) electrons. The van der Waals surface area contributed by atoms with Gasteiger partial charge in [-0.05, 0) is 22.6 Å². The van der Waals surface area contributed by atoms with Crippen molar-refractivity contribution in [2.24, 2.45) is 5.41 Å². The first-order valence-electron chi connectivity index (χ1n) is 4.09. The summed E-state index contributed by atoms with van der Waals surface area (Å²) < 4.78 is 0. The quantitative estimate of drug-likeness (QED) is 0.390. The number of nitrogens with one attached hydrogen (secondary N) is 1. The third-order valence-electron chi connectivity index (χ3n) is 1.63. The lowest BCUT2D eigenvalue weighted by Gasteiger charge is -2.22. The third-order valence-corrected chi connectivity index (χ3v) is 1.63. The molecule has 0 spiro atoms. The highest BCUT2D eigenvalue weighted by Crippen LogP contribution is 2.29. The second-order valence-electron chi connectivity index (χ2n) is 3.97. The molecule has 0 amide bonds. The molecule has 0 saturated carbocycles. The maximum absolute atomic E-state index is 9.31. The van der Waals surface area contributed by atoms with Crippen molar-refractivity contribution in [2.75, 3.05) is 0 Å². The standard InChI is InChI=1S/C11H17NO/c1-8(7-12)6-10(9(2)13)11(3,4)5/h6-7,12-13H,1-2H2,3-5H3/b10-6+,12-7?. The maximum atomic E-state index is 9.31. The molecule has 0 aromatic heterocycles. The summed E-state index contributed by atoms with van der Waals surface area (Å²) in [6.45, 7) is 13.0. The van der Waals surface area contributed by atoms with Gasteiger partial charge in [0.05, 0.1) is 0 Å². The lowest BCUT2D eigenvalue weighted by molar-refractivity contribution is 0.381. The van der Waals surface area contributed by atoms with Gasteiger partial charge in [-0.3, -0.25) is 0 Å². The Morgan fingerprint density at radius 1 is 1.31 bits per heavy atom. The summed E-state index contributed by atoms with van der Waals surface area (Å²) in [5, 5.41) is 16.3. The van der Waals surface area contributed by atoms with Gasteiger partial charge < -0.3 is 10.5 Å². The second kappa shape index (κ2) is 4.08. The van der Waals surface area contributed by atoms with Crippen molar-refractivity contribution in [1.82, 2.24) is 0 Å². The molecule has 72 valence electrons. The van der Waals surface area contributed by atoms with Gasteiger partial charge in [-0.1, -0.05) is 33.9 Å². The van der Waals surface area contributed by atoms with Crippen LogP contribution >= 0.6 is 0 Å². The van der Waals surface area contributed by atoms with Crippen LogP contribution in [0.25, 0.3) is 0 Å². The molecule has 0 aliphatic carbocycles. The third kappa shape index (κ3) is 3.74. The normalized spacial score (nSPS) is 12.4. The zero-order chi connectivity index (χ0) is 10.6. The first-order valence-corrected chi connectivity index (χ1v) is 4.09. The van der Waals surface area contributed by atoms with E-state index in [1.54, 1.807) is 6.08 Å². The molecule has 2 nitrogen and oxygen atoms in total. The Morgan fingerprint density at radius 2 is 1.77 bits per heavy atom. The van der Waals surface area contributed by atoms with Gasteiger partial charge in [-0.25, -0.2) is 0 Å². The van der Waals surface area contributed by atoms with Gasteiger partial charge in [0.25, 0.3) is 0 Å². The van der Waals surface area contributed by atoms with Crippen molar-refractivity contribution < 1.29 is 5.11 Å². The molecule has 0 rings (SSSR count). The molecular weight excluding hydrogens is 162 g/mol. The molecule has 0 saturated heterocycles. The summed E-state index contributed by atoms with van der Waals surface area (Å²) in [7, 11) is 0. The molecule has 13 heavy (non-hydrogen) atoms. The summed E-state index contributed by atoms with van der Waals surface area (Å²) in [6.07, 6.45) is 2.82. The number of hydrogen-bond acceptors (Lipinski definition) is 2. The van der Waals surface area contributed by atoms with Crippen molar-refractivity contribution in [2.45, 2.75) is 20.8 Å². The Balaban J connectivity index is 5.04. The van der Waals surface area contributed by atoms with E-state index < -0.39 is 0 Å². The first kappa shape index (κ1) is 11.7. The van der Waals surface area contributed by atoms with Crippen molar-refractivity contribution >= 4 is 6.21 Å². The minimum atomic E-state index is -0.183. The van der Waals surface area contributed by atoms with E-state index in [-0.39, 0.29) is 11.2 Å². The van der Waals surface area contributed by atoms with Gasteiger partial charge in [0.15, 0.2) is 0 Å². The van der Waals surface area contributed by atoms with E-state index in [9.17, 15) is 5.11 Å². The Hall–Kier alpha value is -1.31. The van der Waals surface area contributed by atoms with Gasteiger partial charge in [0, 0.05) is 6.21 Å². The fourth-order valence-electron chi connectivity index (χ4n) is 0.960. The summed E-state index contributed by atoms with van der Waals surface area (Å²) in [5.74, 6) is 0.0375. The molecule has 0 aromatic rings. The first-order chi connectivity index (χ1) is 5.79. The molecule has 0 atom stereocenters. The molecule has 0 bridgehead atoms. The highest BCUT2D eigenvalue weighted by Gasteiger charge is 2.19. The molecular formula is C11H17NO. The molecule has 0 aromatic carbocycles. The molecule has 0 fully saturated rings. The predicted octanol–water partition coefficient (Wildman–Crippen LogP) is 3.24. The van der Waals surface area contributed by atoms with Gasteiger partial charge in [-0.15, -0.1) is 0 Å². The largest absolute Gasteiger partial charge is 0.508 e. The average Bonchev–Trinajstić information content (AvgIpc) is 1.96. The van der Waals surface area contributed by atoms with Gasteiger partial charge in [-0.2, -0.15) is 0 Å². The van der Waals surface area contributed by atoms with E-state index >= 15 is 0 Å². The lowest BCUT2D eigenvalue weighted by atomic mass is 9.84. The number of hydrogen-bond donors (Lipinski definition) is 2. The molecule has 0 unspecified atom stereocenters. The average molecular weight is 179 g/mol. The Bertz CT molecular complexity index is 266. The van der Waals surface area contributed by atoms with Crippen LogP contribution in [0.1, 0.15) is 20.8 Å². The smallest absolute Gasteiger partial charge is 0.112 e. The fraction of sp³-hybridized carbons (Fsp3) is 0.364. The topological polar surface area (TPSA) is 44.1 Å². The van der Waals surface area contributed by atoms with Crippen LogP contribution in [-0.2, 0) is 0 Å². The molecule has 2 heteroatoms. The Kier molecular flexibility index (Phi) is 3.67. The maximum Gasteiger partial charge on any atom is 0.112 e. The van der Waals surface area contributed by atoms with Gasteiger partial charge in [0.2, 0.25) is 0 Å². The van der Waals surface area contributed by atoms with Crippen molar-refractivity contribution in [1.29, 1.82) is 5.41 Å². The van der Waals surface area contributed by atoms with E-state index in [2.05, 4.69) is 13.2 Å². The van der Waals surface area contributed by atoms with Crippen LogP contribution in [0.2, 0.25) is 0 Å². The molecule has 0 aliphatic rings. The van der Waals surface area contributed by atoms with Crippen LogP contribution in [0.5, 0.6) is 0 Å². The van der Waals surface area contributed by atoms with Gasteiger partial charge >= 0.3 is 0 Å². The van der Waals surface area contributed by atoms with E-state index in [1.807, 2.05) is 20.8 Å². The summed E-state index contributed by atoms with van der Waals surface area (Å²) in [4.78, 5) is 0. The lowest BCUT2D eigenvalue weighted by Crippen LogP contribution is -2.11. The van der Waals surface area contributed by atoms with Crippen LogP contribution < -0.4 is 0 Å². The summed E-state index contributed by atoms with van der Waals surface area (Å²) in [6, 6.07) is 0. The molecule has 2 N–H and O–H groups in total. The van der Waals surface area contributed by atoms with E-state index in [0.29, 0.717) is 11.1 Å². The molecule has 0 heterocycles. The SMILES string of the molecule is C=C(C=N)/C=C(\C(=C)O)C(C)(C)C. The minimum absolute atomic E-state index is 0.0375. The van der Waals surface area contributed by atoms with Crippen molar-refractivity contribution in [3.63, 3.8) is 0 Å². The number of rotatable bonds is 3. The fourth-order valence-corrected chi connectivity index (χ4v) is 0.960. The zero-order valence-electron chi connectivity index (χ0n) is 8.52. The van der Waals surface area contributed by atoms with Crippen LogP contribution in [0.4, 0.5) is 0 Å². The van der Waals surface area contributed by atoms with Gasteiger partial charge in [0.1, 0.15) is 5.76 Å². The zero-order valence-corrected chi connectivity index (χ0v) is 8.52. The minimum Gasteiger partial charge on any atom is -0.508 e. The van der Waals surface area contributed by atoms with Crippen LogP contribution in [0.15, 0.2) is 36.1 Å². The van der Waals surface area contributed by atoms with E-state index in [1.165, 1.54) is 0 Å². The van der Waals surface area contributed by atoms with Crippen LogP contribution in [-0.4, -0.2) is 11.3 Å². The summed E-state index contributed by atoms with van der Waals surface area (Å²) >= 11 is 0. The van der Waals surface area contributed by atoms with Crippen molar-refractivity contribution in [3.05, 3.63) is 36.1 Å². The summed E-state index contributed by atoms with van der Waals surface area (Å²) in [5.41, 5.74) is 1.08. The Morgan fingerprint density at radius 3 is 2.00 bits per heavy atom. The number of aliphatic hydroxyl groups is 1. The highest BCUT2D eigenvalue weighted by molar-refractivity contribution is 5.79.